The van der Waals surface area contributed by atoms with Crippen LogP contribution in [0.4, 0.5) is 0 Å². The fraction of sp³-hybridized carbons (Fsp3) is 0.556. The molecule has 0 unspecified atom stereocenters. The predicted molar refractivity (Wildman–Crippen MR) is 46.0 cm³/mol. The molecule has 0 amide bonds. The van der Waals surface area contributed by atoms with Gasteiger partial charge in [-0.25, -0.2) is 0 Å². The van der Waals surface area contributed by atoms with Gasteiger partial charge in [0.05, 0.1) is 0 Å². The van der Waals surface area contributed by atoms with Crippen LogP contribution in [0, 0.1) is 0 Å². The molecule has 1 heteroatoms. The Hall–Kier alpha value is -0.720. The van der Waals surface area contributed by atoms with Gasteiger partial charge >= 0.3 is 0 Å². The van der Waals surface area contributed by atoms with Crippen molar-refractivity contribution < 1.29 is 0 Å². The third-order valence-corrected chi connectivity index (χ3v) is 1.25. The maximum atomic E-state index is 2.18. The van der Waals surface area contributed by atoms with Gasteiger partial charge in [-0.3, -0.25) is 0 Å². The average Bonchev–Trinajstić information content (AvgIpc) is 2.40. The summed E-state index contributed by atoms with van der Waals surface area (Å²) in [6.07, 6.45) is 6.64. The molecule has 0 aromatic carbocycles. The molecule has 0 radical (unpaired) electrons. The largest absolute Gasteiger partial charge is 0.357 e. The van der Waals surface area contributed by atoms with Crippen LogP contribution in [0.3, 0.4) is 0 Å². The molecule has 0 saturated heterocycles. The number of hydrogen-bond acceptors (Lipinski definition) is 0. The fourth-order valence-electron chi connectivity index (χ4n) is 0.421. The van der Waals surface area contributed by atoms with Crippen LogP contribution in [-0.4, -0.2) is 4.57 Å². The Balaban J connectivity index is 0.000000180. The number of aryl methyl sites for hydroxylation is 1. The molecular weight excluding hydrogens is 122 g/mol. The zero-order chi connectivity index (χ0) is 7.82. The monoisotopic (exact) mass is 139 g/mol. The molecule has 58 valence electrons. The first-order valence-electron chi connectivity index (χ1n) is 3.88. The third kappa shape index (κ3) is 5.42. The molecule has 0 aliphatic heterocycles. The fourth-order valence-corrected chi connectivity index (χ4v) is 0.421. The molecule has 1 aromatic heterocycles. The molecular formula is C9H17N. The topological polar surface area (TPSA) is 4.93 Å². The molecule has 0 aliphatic carbocycles. The van der Waals surface area contributed by atoms with Crippen molar-refractivity contribution in [2.75, 3.05) is 0 Å². The van der Waals surface area contributed by atoms with Crippen molar-refractivity contribution >= 4 is 0 Å². The van der Waals surface area contributed by atoms with Gasteiger partial charge in [-0.05, 0) is 12.1 Å². The Bertz CT molecular complexity index is 128. The second kappa shape index (κ2) is 6.40. The Labute approximate surface area is 63.7 Å². The lowest BCUT2D eigenvalue weighted by Gasteiger charge is -1.79. The van der Waals surface area contributed by atoms with Crippen molar-refractivity contribution in [2.24, 2.45) is 7.05 Å². The summed E-state index contributed by atoms with van der Waals surface area (Å²) in [6, 6.07) is 4.00. The summed E-state index contributed by atoms with van der Waals surface area (Å²) >= 11 is 0. The van der Waals surface area contributed by atoms with Crippen LogP contribution in [0.15, 0.2) is 24.5 Å². The predicted octanol–water partition coefficient (Wildman–Crippen LogP) is 2.83. The zero-order valence-corrected chi connectivity index (χ0v) is 7.17. The smallest absolute Gasteiger partial charge is 0.0106 e. The van der Waals surface area contributed by atoms with Crippen LogP contribution in [0.25, 0.3) is 0 Å². The second-order valence-electron chi connectivity index (χ2n) is 2.35. The summed E-state index contributed by atoms with van der Waals surface area (Å²) in [4.78, 5) is 0. The lowest BCUT2D eigenvalue weighted by molar-refractivity contribution is 0.886. The summed E-state index contributed by atoms with van der Waals surface area (Å²) < 4.78 is 2.00. The summed E-state index contributed by atoms with van der Waals surface area (Å²) in [6.45, 7) is 4.36. The van der Waals surface area contributed by atoms with E-state index in [-0.39, 0.29) is 0 Å². The SMILES string of the molecule is CCCC.Cn1cccc1. The van der Waals surface area contributed by atoms with Crippen molar-refractivity contribution in [1.29, 1.82) is 0 Å². The van der Waals surface area contributed by atoms with Gasteiger partial charge in [-0.1, -0.05) is 26.7 Å². The van der Waals surface area contributed by atoms with Gasteiger partial charge in [0.25, 0.3) is 0 Å². The highest BCUT2D eigenvalue weighted by atomic mass is 14.9. The summed E-state index contributed by atoms with van der Waals surface area (Å²) in [5.41, 5.74) is 0. The number of aromatic nitrogens is 1. The summed E-state index contributed by atoms with van der Waals surface area (Å²) in [7, 11) is 2.00. The van der Waals surface area contributed by atoms with E-state index < -0.39 is 0 Å². The Morgan fingerprint density at radius 2 is 1.40 bits per heavy atom. The molecule has 1 nitrogen and oxygen atoms in total. The van der Waals surface area contributed by atoms with E-state index in [0.29, 0.717) is 0 Å². The van der Waals surface area contributed by atoms with Gasteiger partial charge in [0.2, 0.25) is 0 Å². The van der Waals surface area contributed by atoms with E-state index >= 15 is 0 Å². The van der Waals surface area contributed by atoms with E-state index in [4.69, 9.17) is 0 Å². The number of nitrogens with zero attached hydrogens (tertiary/aromatic N) is 1. The molecule has 1 heterocycles. The van der Waals surface area contributed by atoms with Crippen molar-refractivity contribution in [1.82, 2.24) is 4.57 Å². The van der Waals surface area contributed by atoms with Crippen molar-refractivity contribution in [2.45, 2.75) is 26.7 Å². The average molecular weight is 139 g/mol. The number of rotatable bonds is 1. The van der Waals surface area contributed by atoms with E-state index in [1.54, 1.807) is 0 Å². The van der Waals surface area contributed by atoms with Gasteiger partial charge in [0, 0.05) is 19.4 Å². The van der Waals surface area contributed by atoms with Gasteiger partial charge in [-0.15, -0.1) is 0 Å². The van der Waals surface area contributed by atoms with Gasteiger partial charge in [0.1, 0.15) is 0 Å². The Kier molecular flexibility index (Phi) is 5.94. The number of unbranched alkanes of at least 4 members (excludes halogenated alkanes) is 1. The minimum Gasteiger partial charge on any atom is -0.357 e. The maximum Gasteiger partial charge on any atom is 0.0106 e. The first-order chi connectivity index (χ1) is 4.81. The summed E-state index contributed by atoms with van der Waals surface area (Å²) in [5.74, 6) is 0. The minimum atomic E-state index is 1.32. The molecule has 0 spiro atoms. The first-order valence-corrected chi connectivity index (χ1v) is 3.88. The van der Waals surface area contributed by atoms with Crippen LogP contribution in [0.5, 0.6) is 0 Å². The molecule has 0 aliphatic rings. The molecule has 0 bridgehead atoms. The normalized spacial score (nSPS) is 8.30. The molecule has 0 atom stereocenters. The van der Waals surface area contributed by atoms with Crippen LogP contribution < -0.4 is 0 Å². The van der Waals surface area contributed by atoms with Crippen LogP contribution >= 0.6 is 0 Å². The third-order valence-electron chi connectivity index (χ3n) is 1.25. The summed E-state index contributed by atoms with van der Waals surface area (Å²) in [5, 5.41) is 0. The van der Waals surface area contributed by atoms with Crippen LogP contribution in [-0.2, 0) is 7.05 Å². The molecule has 1 rings (SSSR count). The van der Waals surface area contributed by atoms with Crippen molar-refractivity contribution in [3.8, 4) is 0 Å². The standard InChI is InChI=1S/C5H7N.C4H10/c1-6-4-2-3-5-6;1-3-4-2/h2-5H,1H3;3-4H2,1-2H3. The molecule has 0 N–H and O–H groups in total. The highest BCUT2D eigenvalue weighted by molar-refractivity contribution is 4.88. The lowest BCUT2D eigenvalue weighted by atomic mass is 10.4. The highest BCUT2D eigenvalue weighted by Gasteiger charge is 1.68. The second-order valence-corrected chi connectivity index (χ2v) is 2.35. The number of hydrogen-bond donors (Lipinski definition) is 0. The zero-order valence-electron chi connectivity index (χ0n) is 7.17. The van der Waals surface area contributed by atoms with Gasteiger partial charge in [-0.2, -0.15) is 0 Å². The molecule has 0 saturated carbocycles. The van der Waals surface area contributed by atoms with E-state index in [0.717, 1.165) is 0 Å². The molecule has 0 fully saturated rings. The Morgan fingerprint density at radius 3 is 1.50 bits per heavy atom. The first kappa shape index (κ1) is 9.28. The lowest BCUT2D eigenvalue weighted by Crippen LogP contribution is -1.75. The quantitative estimate of drug-likeness (QED) is 0.564. The van der Waals surface area contributed by atoms with Gasteiger partial charge in [0.15, 0.2) is 0 Å². The molecule has 1 aromatic rings. The van der Waals surface area contributed by atoms with Crippen LogP contribution in [0.1, 0.15) is 26.7 Å². The van der Waals surface area contributed by atoms with Crippen molar-refractivity contribution in [3.63, 3.8) is 0 Å². The van der Waals surface area contributed by atoms with E-state index in [9.17, 15) is 0 Å². The van der Waals surface area contributed by atoms with E-state index in [2.05, 4.69) is 13.8 Å². The van der Waals surface area contributed by atoms with Crippen molar-refractivity contribution in [3.05, 3.63) is 24.5 Å². The Morgan fingerprint density at radius 1 is 1.00 bits per heavy atom. The van der Waals surface area contributed by atoms with E-state index in [1.165, 1.54) is 12.8 Å². The van der Waals surface area contributed by atoms with Crippen LogP contribution in [0.2, 0.25) is 0 Å². The maximum absolute atomic E-state index is 2.18. The highest BCUT2D eigenvalue weighted by Crippen LogP contribution is 1.80. The molecule has 10 heavy (non-hydrogen) atoms. The minimum absolute atomic E-state index is 1.32. The van der Waals surface area contributed by atoms with Gasteiger partial charge < -0.3 is 4.57 Å². The van der Waals surface area contributed by atoms with E-state index in [1.807, 2.05) is 36.1 Å².